The minimum Gasteiger partial charge on any atom is -0.368 e. The van der Waals surface area contributed by atoms with E-state index in [0.717, 1.165) is 13.1 Å². The molecule has 0 aromatic heterocycles. The van der Waals surface area contributed by atoms with Crippen LogP contribution in [0.25, 0.3) is 0 Å². The van der Waals surface area contributed by atoms with Gasteiger partial charge < -0.3 is 20.7 Å². The zero-order valence-corrected chi connectivity index (χ0v) is 12.3. The van der Waals surface area contributed by atoms with Crippen molar-refractivity contribution in [1.29, 1.82) is 0 Å². The number of methoxy groups -OCH3 is 1. The highest BCUT2D eigenvalue weighted by Gasteiger charge is 2.39. The van der Waals surface area contributed by atoms with Crippen LogP contribution in [-0.4, -0.2) is 49.7 Å². The van der Waals surface area contributed by atoms with Gasteiger partial charge in [0.1, 0.15) is 5.60 Å². The van der Waals surface area contributed by atoms with Crippen LogP contribution >= 0.6 is 0 Å². The lowest BCUT2D eigenvalue weighted by atomic mass is 9.91. The number of ether oxygens (including phenoxy) is 1. The van der Waals surface area contributed by atoms with Gasteiger partial charge in [-0.05, 0) is 46.7 Å². The first-order chi connectivity index (χ1) is 8.79. The number of piperidine rings is 1. The third-order valence-corrected chi connectivity index (χ3v) is 3.14. The Balaban J connectivity index is 2.47. The molecule has 0 aromatic carbocycles. The van der Waals surface area contributed by atoms with Gasteiger partial charge in [-0.3, -0.25) is 9.59 Å². The smallest absolute Gasteiger partial charge is 0.252 e. The van der Waals surface area contributed by atoms with Gasteiger partial charge in [0.2, 0.25) is 5.91 Å². The van der Waals surface area contributed by atoms with E-state index >= 15 is 0 Å². The van der Waals surface area contributed by atoms with Gasteiger partial charge in [-0.15, -0.1) is 0 Å². The van der Waals surface area contributed by atoms with Crippen LogP contribution in [0.15, 0.2) is 0 Å². The van der Waals surface area contributed by atoms with E-state index in [2.05, 4.69) is 16.0 Å². The molecule has 0 aromatic rings. The van der Waals surface area contributed by atoms with E-state index in [1.165, 1.54) is 0 Å². The summed E-state index contributed by atoms with van der Waals surface area (Å²) in [6.45, 7) is 7.17. The van der Waals surface area contributed by atoms with Crippen LogP contribution in [0.2, 0.25) is 0 Å². The van der Waals surface area contributed by atoms with Gasteiger partial charge in [-0.1, -0.05) is 0 Å². The average Bonchev–Trinajstić information content (AvgIpc) is 2.34. The molecule has 1 aliphatic heterocycles. The van der Waals surface area contributed by atoms with Crippen molar-refractivity contribution in [2.45, 2.75) is 44.8 Å². The number of hydrogen-bond acceptors (Lipinski definition) is 4. The second-order valence-corrected chi connectivity index (χ2v) is 5.93. The van der Waals surface area contributed by atoms with Crippen molar-refractivity contribution in [3.05, 3.63) is 0 Å². The fourth-order valence-electron chi connectivity index (χ4n) is 2.14. The van der Waals surface area contributed by atoms with E-state index in [1.807, 2.05) is 20.8 Å². The molecule has 0 saturated carbocycles. The predicted molar refractivity (Wildman–Crippen MR) is 72.7 cm³/mol. The van der Waals surface area contributed by atoms with Crippen LogP contribution in [0.3, 0.4) is 0 Å². The first-order valence-corrected chi connectivity index (χ1v) is 6.64. The minimum absolute atomic E-state index is 0.0192. The topological polar surface area (TPSA) is 79.5 Å². The van der Waals surface area contributed by atoms with E-state index in [0.29, 0.717) is 12.8 Å². The first-order valence-electron chi connectivity index (χ1n) is 6.64. The van der Waals surface area contributed by atoms with Gasteiger partial charge in [0.25, 0.3) is 5.91 Å². The summed E-state index contributed by atoms with van der Waals surface area (Å²) in [5.74, 6) is -0.401. The molecule has 2 amide bonds. The second kappa shape index (κ2) is 6.34. The van der Waals surface area contributed by atoms with Crippen LogP contribution in [0.4, 0.5) is 0 Å². The molecule has 3 N–H and O–H groups in total. The number of rotatable bonds is 4. The minimum atomic E-state index is -0.798. The van der Waals surface area contributed by atoms with Gasteiger partial charge in [-0.2, -0.15) is 0 Å². The number of carbonyl (C=O) groups is 2. The zero-order chi connectivity index (χ0) is 14.5. The average molecular weight is 271 g/mol. The Morgan fingerprint density at radius 3 is 2.32 bits per heavy atom. The summed E-state index contributed by atoms with van der Waals surface area (Å²) in [5, 5.41) is 8.65. The number of nitrogens with one attached hydrogen (secondary N) is 3. The van der Waals surface area contributed by atoms with Crippen molar-refractivity contribution in [2.24, 2.45) is 0 Å². The molecule has 0 radical (unpaired) electrons. The standard InChI is InChI=1S/C13H25N3O3/c1-12(2,3)16-10(17)9-15-11(18)13(19-4)5-7-14-8-6-13/h14H,5-9H2,1-4H3,(H,15,18)(H,16,17). The SMILES string of the molecule is COC1(C(=O)NCC(=O)NC(C)(C)C)CCNCC1. The van der Waals surface area contributed by atoms with Gasteiger partial charge >= 0.3 is 0 Å². The third-order valence-electron chi connectivity index (χ3n) is 3.14. The van der Waals surface area contributed by atoms with E-state index in [-0.39, 0.29) is 23.9 Å². The second-order valence-electron chi connectivity index (χ2n) is 5.93. The molecule has 110 valence electrons. The molecular weight excluding hydrogens is 246 g/mol. The van der Waals surface area contributed by atoms with Crippen molar-refractivity contribution < 1.29 is 14.3 Å². The Hall–Kier alpha value is -1.14. The lowest BCUT2D eigenvalue weighted by Crippen LogP contribution is -2.56. The highest BCUT2D eigenvalue weighted by atomic mass is 16.5. The van der Waals surface area contributed by atoms with E-state index < -0.39 is 5.60 Å². The molecule has 1 aliphatic rings. The molecule has 0 atom stereocenters. The van der Waals surface area contributed by atoms with Gasteiger partial charge in [0.05, 0.1) is 6.54 Å². The van der Waals surface area contributed by atoms with Gasteiger partial charge in [0.15, 0.2) is 0 Å². The number of amides is 2. The molecule has 0 aliphatic carbocycles. The normalized spacial score (nSPS) is 18.7. The molecule has 19 heavy (non-hydrogen) atoms. The molecule has 6 heteroatoms. The molecule has 0 spiro atoms. The van der Waals surface area contributed by atoms with Crippen molar-refractivity contribution in [3.8, 4) is 0 Å². The molecule has 0 unspecified atom stereocenters. The van der Waals surface area contributed by atoms with Crippen molar-refractivity contribution in [3.63, 3.8) is 0 Å². The molecule has 1 heterocycles. The Morgan fingerprint density at radius 2 is 1.84 bits per heavy atom. The summed E-state index contributed by atoms with van der Waals surface area (Å²) in [7, 11) is 1.54. The summed E-state index contributed by atoms with van der Waals surface area (Å²) in [6.07, 6.45) is 1.24. The fourth-order valence-corrected chi connectivity index (χ4v) is 2.14. The Bertz CT molecular complexity index is 331. The Kier molecular flexibility index (Phi) is 5.31. The quantitative estimate of drug-likeness (QED) is 0.661. The summed E-state index contributed by atoms with van der Waals surface area (Å²) in [5.41, 5.74) is -1.09. The third kappa shape index (κ3) is 4.80. The fraction of sp³-hybridized carbons (Fsp3) is 0.846. The summed E-state index contributed by atoms with van der Waals surface area (Å²) in [4.78, 5) is 23.8. The Labute approximate surface area is 114 Å². The summed E-state index contributed by atoms with van der Waals surface area (Å²) < 4.78 is 5.39. The van der Waals surface area contributed by atoms with E-state index in [9.17, 15) is 9.59 Å². The Morgan fingerprint density at radius 1 is 1.26 bits per heavy atom. The first kappa shape index (κ1) is 15.9. The van der Waals surface area contributed by atoms with Crippen molar-refractivity contribution >= 4 is 11.8 Å². The van der Waals surface area contributed by atoms with Gasteiger partial charge in [-0.25, -0.2) is 0 Å². The molecule has 1 fully saturated rings. The van der Waals surface area contributed by atoms with E-state index in [1.54, 1.807) is 7.11 Å². The molecule has 1 rings (SSSR count). The van der Waals surface area contributed by atoms with Crippen LogP contribution in [0.1, 0.15) is 33.6 Å². The van der Waals surface area contributed by atoms with Crippen LogP contribution in [0.5, 0.6) is 0 Å². The molecule has 1 saturated heterocycles. The van der Waals surface area contributed by atoms with Crippen LogP contribution in [0, 0.1) is 0 Å². The molecule has 0 bridgehead atoms. The van der Waals surface area contributed by atoms with Gasteiger partial charge in [0, 0.05) is 12.6 Å². The maximum Gasteiger partial charge on any atom is 0.252 e. The maximum absolute atomic E-state index is 12.2. The summed E-state index contributed by atoms with van der Waals surface area (Å²) in [6, 6.07) is 0. The van der Waals surface area contributed by atoms with Crippen LogP contribution < -0.4 is 16.0 Å². The largest absolute Gasteiger partial charge is 0.368 e. The predicted octanol–water partition coefficient (Wildman–Crippen LogP) is -0.214. The molecular formula is C13H25N3O3. The van der Waals surface area contributed by atoms with Crippen LogP contribution in [-0.2, 0) is 14.3 Å². The van der Waals surface area contributed by atoms with Crippen molar-refractivity contribution in [1.82, 2.24) is 16.0 Å². The summed E-state index contributed by atoms with van der Waals surface area (Å²) >= 11 is 0. The lowest BCUT2D eigenvalue weighted by Gasteiger charge is -2.34. The monoisotopic (exact) mass is 271 g/mol. The number of hydrogen-bond donors (Lipinski definition) is 3. The van der Waals surface area contributed by atoms with Crippen molar-refractivity contribution in [2.75, 3.05) is 26.7 Å². The highest BCUT2D eigenvalue weighted by Crippen LogP contribution is 2.22. The zero-order valence-electron chi connectivity index (χ0n) is 12.3. The molecule has 6 nitrogen and oxygen atoms in total. The maximum atomic E-state index is 12.2. The number of carbonyl (C=O) groups excluding carboxylic acids is 2. The van der Waals surface area contributed by atoms with E-state index in [4.69, 9.17) is 4.74 Å². The lowest BCUT2D eigenvalue weighted by molar-refractivity contribution is -0.147. The highest BCUT2D eigenvalue weighted by molar-refractivity contribution is 5.89.